The Morgan fingerprint density at radius 3 is 2.51 bits per heavy atom. The van der Waals surface area contributed by atoms with Crippen molar-refractivity contribution in [1.29, 1.82) is 0 Å². The molecule has 2 amide bonds. The molecule has 0 aliphatic carbocycles. The number of ether oxygens (including phenoxy) is 2. The van der Waals surface area contributed by atoms with Gasteiger partial charge in [-0.25, -0.2) is 4.79 Å². The zero-order valence-electron chi connectivity index (χ0n) is 18.1. The van der Waals surface area contributed by atoms with Gasteiger partial charge in [-0.3, -0.25) is 14.5 Å². The molecule has 0 saturated carbocycles. The molecule has 4 rings (SSSR count). The van der Waals surface area contributed by atoms with Crippen LogP contribution >= 0.6 is 57.6 Å². The number of thioether (sulfide) groups is 1. The summed E-state index contributed by atoms with van der Waals surface area (Å²) in [6, 6.07) is 16.9. The molecule has 1 heterocycles. The highest BCUT2D eigenvalue weighted by Crippen LogP contribution is 2.38. The molecule has 6 nitrogen and oxygen atoms in total. The molecule has 1 fully saturated rings. The Hall–Kier alpha value is -2.53. The third-order valence-electron chi connectivity index (χ3n) is 4.97. The standard InChI is InChI=1S/C25H16Cl2INO5S/c1-33-20-10-14(9-19(28)22(20)34-24(31)15-5-3-2-4-6-15)11-21-23(30)29(25(32)35-21)13-16-7-8-17(26)12-18(16)27/h2-12H,13H2,1H3/b21-11-. The predicted molar refractivity (Wildman–Crippen MR) is 145 cm³/mol. The van der Waals surface area contributed by atoms with Crippen molar-refractivity contribution in [2.75, 3.05) is 7.11 Å². The first kappa shape index (κ1) is 25.6. The fourth-order valence-corrected chi connectivity index (χ4v) is 5.30. The molecule has 1 aliphatic heterocycles. The van der Waals surface area contributed by atoms with E-state index in [1.807, 2.05) is 28.7 Å². The second-order valence-electron chi connectivity index (χ2n) is 7.29. The lowest BCUT2D eigenvalue weighted by Crippen LogP contribution is -2.27. The lowest BCUT2D eigenvalue weighted by atomic mass is 10.1. The van der Waals surface area contributed by atoms with Crippen LogP contribution in [0.4, 0.5) is 4.79 Å². The molecular weight excluding hydrogens is 624 g/mol. The topological polar surface area (TPSA) is 72.9 Å². The van der Waals surface area contributed by atoms with Gasteiger partial charge in [0.1, 0.15) is 0 Å². The van der Waals surface area contributed by atoms with Gasteiger partial charge in [-0.05, 0) is 88.0 Å². The monoisotopic (exact) mass is 639 g/mol. The Bertz CT molecular complexity index is 1360. The maximum atomic E-state index is 13.0. The van der Waals surface area contributed by atoms with Gasteiger partial charge >= 0.3 is 5.97 Å². The average molecular weight is 640 g/mol. The lowest BCUT2D eigenvalue weighted by Gasteiger charge is -2.14. The largest absolute Gasteiger partial charge is 0.493 e. The van der Waals surface area contributed by atoms with Crippen molar-refractivity contribution in [2.45, 2.75) is 6.54 Å². The van der Waals surface area contributed by atoms with Gasteiger partial charge in [0.2, 0.25) is 0 Å². The number of benzene rings is 3. The SMILES string of the molecule is COc1cc(/C=C2\SC(=O)N(Cc3ccc(Cl)cc3Cl)C2=O)cc(I)c1OC(=O)c1ccccc1. The third-order valence-corrected chi connectivity index (χ3v) is 7.27. The van der Waals surface area contributed by atoms with E-state index in [2.05, 4.69) is 0 Å². The van der Waals surface area contributed by atoms with E-state index in [0.29, 0.717) is 36.1 Å². The molecule has 35 heavy (non-hydrogen) atoms. The lowest BCUT2D eigenvalue weighted by molar-refractivity contribution is -0.123. The Balaban J connectivity index is 1.57. The average Bonchev–Trinajstić information content (AvgIpc) is 3.09. The van der Waals surface area contributed by atoms with Gasteiger partial charge in [-0.15, -0.1) is 0 Å². The Morgan fingerprint density at radius 1 is 1.09 bits per heavy atom. The maximum Gasteiger partial charge on any atom is 0.343 e. The summed E-state index contributed by atoms with van der Waals surface area (Å²) in [6.07, 6.45) is 1.60. The summed E-state index contributed by atoms with van der Waals surface area (Å²) in [7, 11) is 1.46. The van der Waals surface area contributed by atoms with E-state index in [1.165, 1.54) is 7.11 Å². The third kappa shape index (κ3) is 5.83. The highest BCUT2D eigenvalue weighted by atomic mass is 127. The first-order valence-corrected chi connectivity index (χ1v) is 12.8. The maximum absolute atomic E-state index is 13.0. The number of hydrogen-bond donors (Lipinski definition) is 0. The van der Waals surface area contributed by atoms with E-state index in [-0.39, 0.29) is 17.2 Å². The van der Waals surface area contributed by atoms with Crippen molar-refractivity contribution in [1.82, 2.24) is 4.90 Å². The summed E-state index contributed by atoms with van der Waals surface area (Å²) >= 11 is 15.0. The van der Waals surface area contributed by atoms with E-state index in [0.717, 1.165) is 16.7 Å². The Kier molecular flexibility index (Phi) is 8.05. The van der Waals surface area contributed by atoms with Crippen molar-refractivity contribution in [3.8, 4) is 11.5 Å². The van der Waals surface area contributed by atoms with Gasteiger partial charge in [0.15, 0.2) is 11.5 Å². The normalized spacial score (nSPS) is 14.5. The fraction of sp³-hybridized carbons (Fsp3) is 0.0800. The number of carbonyl (C=O) groups excluding carboxylic acids is 3. The molecule has 0 radical (unpaired) electrons. The van der Waals surface area contributed by atoms with E-state index >= 15 is 0 Å². The molecule has 0 unspecified atom stereocenters. The van der Waals surface area contributed by atoms with Crippen LogP contribution in [0.25, 0.3) is 6.08 Å². The fourth-order valence-electron chi connectivity index (χ4n) is 3.26. The summed E-state index contributed by atoms with van der Waals surface area (Å²) < 4.78 is 11.6. The molecular formula is C25H16Cl2INO5S. The summed E-state index contributed by atoms with van der Waals surface area (Å²) in [5.74, 6) is -0.361. The minimum atomic E-state index is -0.517. The van der Waals surface area contributed by atoms with Crippen LogP contribution in [0.5, 0.6) is 11.5 Å². The molecule has 1 saturated heterocycles. The molecule has 0 spiro atoms. The summed E-state index contributed by atoms with van der Waals surface area (Å²) in [4.78, 5) is 39.4. The van der Waals surface area contributed by atoms with Crippen LogP contribution in [0.2, 0.25) is 10.0 Å². The zero-order valence-corrected chi connectivity index (χ0v) is 22.6. The Labute approximate surface area is 229 Å². The predicted octanol–water partition coefficient (Wildman–Crippen LogP) is 7.06. The van der Waals surface area contributed by atoms with Crippen LogP contribution < -0.4 is 9.47 Å². The van der Waals surface area contributed by atoms with Crippen molar-refractivity contribution in [2.24, 2.45) is 0 Å². The number of methoxy groups -OCH3 is 1. The number of carbonyl (C=O) groups is 3. The summed E-state index contributed by atoms with van der Waals surface area (Å²) in [5, 5.41) is 0.442. The number of hydrogen-bond acceptors (Lipinski definition) is 6. The molecule has 3 aromatic rings. The van der Waals surface area contributed by atoms with Crippen LogP contribution in [0, 0.1) is 3.57 Å². The van der Waals surface area contributed by atoms with Crippen LogP contribution in [-0.2, 0) is 11.3 Å². The highest BCUT2D eigenvalue weighted by molar-refractivity contribution is 14.1. The van der Waals surface area contributed by atoms with Crippen LogP contribution in [-0.4, -0.2) is 29.1 Å². The molecule has 10 heteroatoms. The molecule has 0 atom stereocenters. The molecule has 0 aromatic heterocycles. The number of amides is 2. The number of rotatable bonds is 6. The van der Waals surface area contributed by atoms with E-state index < -0.39 is 17.1 Å². The van der Waals surface area contributed by atoms with Gasteiger partial charge in [0, 0.05) is 10.0 Å². The minimum Gasteiger partial charge on any atom is -0.493 e. The van der Waals surface area contributed by atoms with E-state index in [9.17, 15) is 14.4 Å². The van der Waals surface area contributed by atoms with Crippen LogP contribution in [0.1, 0.15) is 21.5 Å². The molecule has 3 aromatic carbocycles. The molecule has 1 aliphatic rings. The van der Waals surface area contributed by atoms with E-state index in [4.69, 9.17) is 32.7 Å². The van der Waals surface area contributed by atoms with Crippen LogP contribution in [0.15, 0.2) is 65.6 Å². The van der Waals surface area contributed by atoms with E-state index in [1.54, 1.807) is 60.7 Å². The first-order valence-electron chi connectivity index (χ1n) is 10.1. The summed E-state index contributed by atoms with van der Waals surface area (Å²) in [5.41, 5.74) is 1.63. The first-order chi connectivity index (χ1) is 16.8. The number of esters is 1. The molecule has 0 N–H and O–H groups in total. The number of nitrogens with zero attached hydrogens (tertiary/aromatic N) is 1. The second-order valence-corrected chi connectivity index (χ2v) is 10.3. The molecule has 0 bridgehead atoms. The number of halogens is 3. The van der Waals surface area contributed by atoms with Gasteiger partial charge in [-0.2, -0.15) is 0 Å². The Morgan fingerprint density at radius 2 is 1.83 bits per heavy atom. The van der Waals surface area contributed by atoms with Crippen molar-refractivity contribution in [3.05, 3.63) is 95.9 Å². The van der Waals surface area contributed by atoms with Crippen molar-refractivity contribution >= 4 is 80.7 Å². The van der Waals surface area contributed by atoms with Crippen LogP contribution in [0.3, 0.4) is 0 Å². The molecule has 178 valence electrons. The van der Waals surface area contributed by atoms with Gasteiger partial charge in [-0.1, -0.05) is 47.5 Å². The second kappa shape index (κ2) is 11.0. The minimum absolute atomic E-state index is 0.0350. The van der Waals surface area contributed by atoms with Crippen molar-refractivity contribution in [3.63, 3.8) is 0 Å². The highest BCUT2D eigenvalue weighted by Gasteiger charge is 2.35. The quantitative estimate of drug-likeness (QED) is 0.124. The zero-order chi connectivity index (χ0) is 25.1. The van der Waals surface area contributed by atoms with Gasteiger partial charge in [0.05, 0.1) is 27.7 Å². The van der Waals surface area contributed by atoms with Gasteiger partial charge < -0.3 is 9.47 Å². The smallest absolute Gasteiger partial charge is 0.343 e. The van der Waals surface area contributed by atoms with Gasteiger partial charge in [0.25, 0.3) is 11.1 Å². The number of imide groups is 1. The van der Waals surface area contributed by atoms with Crippen molar-refractivity contribution < 1.29 is 23.9 Å². The summed E-state index contributed by atoms with van der Waals surface area (Å²) in [6.45, 7) is 0.0350.